The van der Waals surface area contributed by atoms with Gasteiger partial charge in [-0.3, -0.25) is 0 Å². The van der Waals surface area contributed by atoms with Crippen molar-refractivity contribution < 1.29 is 10.2 Å². The van der Waals surface area contributed by atoms with Gasteiger partial charge < -0.3 is 15.9 Å². The normalized spacial score (nSPS) is 23.6. The second kappa shape index (κ2) is 3.68. The average molecular weight is 230 g/mol. The van der Waals surface area contributed by atoms with Gasteiger partial charge in [-0.05, 0) is 18.9 Å². The number of nitrogens with two attached hydrogens (primary N) is 1. The highest BCUT2D eigenvalue weighted by Crippen LogP contribution is 2.40. The van der Waals surface area contributed by atoms with Crippen molar-refractivity contribution in [3.8, 4) is 0 Å². The summed E-state index contributed by atoms with van der Waals surface area (Å²) in [6.45, 7) is 0. The van der Waals surface area contributed by atoms with Crippen molar-refractivity contribution in [2.24, 2.45) is 0 Å². The fraction of sp³-hybridized carbons (Fsp3) is 0.308. The molecule has 2 aromatic rings. The van der Waals surface area contributed by atoms with Crippen molar-refractivity contribution in [2.45, 2.75) is 25.0 Å². The molecule has 0 saturated heterocycles. The van der Waals surface area contributed by atoms with E-state index in [4.69, 9.17) is 5.73 Å². The van der Waals surface area contributed by atoms with Gasteiger partial charge in [-0.25, -0.2) is 4.98 Å². The molecule has 0 amide bonds. The minimum Gasteiger partial charge on any atom is -0.398 e. The van der Waals surface area contributed by atoms with E-state index in [9.17, 15) is 10.2 Å². The highest BCUT2D eigenvalue weighted by molar-refractivity contribution is 5.92. The number of rotatable bonds is 0. The van der Waals surface area contributed by atoms with E-state index in [0.29, 0.717) is 29.8 Å². The zero-order chi connectivity index (χ0) is 12.0. The second-order valence-corrected chi connectivity index (χ2v) is 4.45. The summed E-state index contributed by atoms with van der Waals surface area (Å²) in [5, 5.41) is 20.8. The van der Waals surface area contributed by atoms with Crippen LogP contribution in [-0.2, 0) is 0 Å². The molecular weight excluding hydrogens is 216 g/mol. The van der Waals surface area contributed by atoms with Crippen LogP contribution in [0.2, 0.25) is 0 Å². The third kappa shape index (κ3) is 1.49. The van der Waals surface area contributed by atoms with Crippen LogP contribution in [0, 0.1) is 0 Å². The van der Waals surface area contributed by atoms with Crippen molar-refractivity contribution in [3.05, 3.63) is 35.5 Å². The van der Waals surface area contributed by atoms with Crippen molar-refractivity contribution in [1.82, 2.24) is 4.98 Å². The number of pyridine rings is 1. The van der Waals surface area contributed by atoms with Crippen LogP contribution in [0.4, 0.5) is 5.69 Å². The summed E-state index contributed by atoms with van der Waals surface area (Å²) in [5.41, 5.74) is 8.51. The van der Waals surface area contributed by atoms with Crippen molar-refractivity contribution >= 4 is 16.6 Å². The monoisotopic (exact) mass is 230 g/mol. The summed E-state index contributed by atoms with van der Waals surface area (Å²) >= 11 is 0. The lowest BCUT2D eigenvalue weighted by Crippen LogP contribution is -2.18. The zero-order valence-corrected chi connectivity index (χ0v) is 9.30. The molecule has 1 heterocycles. The number of hydrogen-bond acceptors (Lipinski definition) is 4. The van der Waals surface area contributed by atoms with E-state index in [1.54, 1.807) is 0 Å². The maximum absolute atomic E-state index is 9.99. The van der Waals surface area contributed by atoms with E-state index >= 15 is 0 Å². The fourth-order valence-corrected chi connectivity index (χ4v) is 2.47. The number of anilines is 1. The molecule has 0 radical (unpaired) electrons. The molecule has 4 heteroatoms. The molecule has 1 aromatic carbocycles. The van der Waals surface area contributed by atoms with Gasteiger partial charge in [0.1, 0.15) is 0 Å². The Bertz CT molecular complexity index is 583. The highest BCUT2D eigenvalue weighted by Gasteiger charge is 2.29. The highest BCUT2D eigenvalue weighted by atomic mass is 16.3. The predicted octanol–water partition coefficient (Wildman–Crippen LogP) is 1.68. The van der Waals surface area contributed by atoms with Gasteiger partial charge in [0.2, 0.25) is 0 Å². The van der Waals surface area contributed by atoms with E-state index in [2.05, 4.69) is 4.98 Å². The van der Waals surface area contributed by atoms with Gasteiger partial charge in [0.15, 0.2) is 0 Å². The van der Waals surface area contributed by atoms with Crippen LogP contribution < -0.4 is 5.73 Å². The minimum atomic E-state index is -0.625. The Morgan fingerprint density at radius 1 is 1.12 bits per heavy atom. The number of aromatic nitrogens is 1. The quantitative estimate of drug-likeness (QED) is 0.643. The maximum Gasteiger partial charge on any atom is 0.0965 e. The lowest BCUT2D eigenvalue weighted by Gasteiger charge is -2.26. The lowest BCUT2D eigenvalue weighted by atomic mass is 9.89. The Balaban J connectivity index is 2.37. The van der Waals surface area contributed by atoms with Gasteiger partial charge in [-0.2, -0.15) is 0 Å². The van der Waals surface area contributed by atoms with Crippen LogP contribution in [-0.4, -0.2) is 15.2 Å². The average Bonchev–Trinajstić information content (AvgIpc) is 2.34. The van der Waals surface area contributed by atoms with Gasteiger partial charge in [0.25, 0.3) is 0 Å². The molecule has 4 N–H and O–H groups in total. The molecular formula is C13H14N2O2. The molecule has 0 bridgehead atoms. The van der Waals surface area contributed by atoms with E-state index in [1.165, 1.54) is 0 Å². The van der Waals surface area contributed by atoms with Crippen molar-refractivity contribution in [1.29, 1.82) is 0 Å². The van der Waals surface area contributed by atoms with Crippen LogP contribution in [0.1, 0.15) is 36.3 Å². The van der Waals surface area contributed by atoms with Crippen molar-refractivity contribution in [3.63, 3.8) is 0 Å². The molecule has 17 heavy (non-hydrogen) atoms. The number of fused-ring (bicyclic) bond motifs is 2. The standard InChI is InChI=1S/C13H14N2O2/c14-12-7-3-1-2-4-8(7)15-13-10(17)6-5-9(16)11(12)13/h1-4,9-10,16-17H,5-6H2,(H2,14,15)/t9-,10-/m0/s1. The molecule has 2 atom stereocenters. The van der Waals surface area contributed by atoms with Gasteiger partial charge in [0, 0.05) is 16.6 Å². The van der Waals surface area contributed by atoms with E-state index in [1.807, 2.05) is 24.3 Å². The molecule has 1 aliphatic carbocycles. The van der Waals surface area contributed by atoms with Gasteiger partial charge in [-0.1, -0.05) is 18.2 Å². The SMILES string of the molecule is Nc1c2c(nc3ccccc13)[C@@H](O)CC[C@@H]2O. The number of para-hydroxylation sites is 1. The molecule has 0 saturated carbocycles. The molecule has 1 aliphatic rings. The first-order valence-corrected chi connectivity index (χ1v) is 5.72. The molecule has 0 spiro atoms. The predicted molar refractivity (Wildman–Crippen MR) is 65.3 cm³/mol. The van der Waals surface area contributed by atoms with E-state index in [-0.39, 0.29) is 0 Å². The van der Waals surface area contributed by atoms with Crippen LogP contribution in [0.25, 0.3) is 10.9 Å². The summed E-state index contributed by atoms with van der Waals surface area (Å²) in [6.07, 6.45) is -0.192. The molecule has 88 valence electrons. The first-order chi connectivity index (χ1) is 8.18. The summed E-state index contributed by atoms with van der Waals surface area (Å²) in [7, 11) is 0. The summed E-state index contributed by atoms with van der Waals surface area (Å²) in [5.74, 6) is 0. The number of aliphatic hydroxyl groups excluding tert-OH is 2. The Morgan fingerprint density at radius 2 is 1.82 bits per heavy atom. The summed E-state index contributed by atoms with van der Waals surface area (Å²) in [4.78, 5) is 4.42. The molecule has 0 aliphatic heterocycles. The van der Waals surface area contributed by atoms with Crippen LogP contribution >= 0.6 is 0 Å². The topological polar surface area (TPSA) is 79.4 Å². The first-order valence-electron chi connectivity index (χ1n) is 5.72. The number of benzene rings is 1. The third-order valence-corrected chi connectivity index (χ3v) is 3.36. The molecule has 3 rings (SSSR count). The maximum atomic E-state index is 9.99. The smallest absolute Gasteiger partial charge is 0.0965 e. The van der Waals surface area contributed by atoms with E-state index < -0.39 is 12.2 Å². The summed E-state index contributed by atoms with van der Waals surface area (Å²) < 4.78 is 0. The second-order valence-electron chi connectivity index (χ2n) is 4.45. The van der Waals surface area contributed by atoms with Crippen LogP contribution in [0.5, 0.6) is 0 Å². The Hall–Kier alpha value is -1.65. The molecule has 0 unspecified atom stereocenters. The third-order valence-electron chi connectivity index (χ3n) is 3.36. The molecule has 0 fully saturated rings. The largest absolute Gasteiger partial charge is 0.398 e. The summed E-state index contributed by atoms with van der Waals surface area (Å²) in [6, 6.07) is 7.51. The number of nitrogens with zero attached hydrogens (tertiary/aromatic N) is 1. The van der Waals surface area contributed by atoms with Gasteiger partial charge >= 0.3 is 0 Å². The number of nitrogen functional groups attached to an aromatic ring is 1. The minimum absolute atomic E-state index is 0.526. The zero-order valence-electron chi connectivity index (χ0n) is 9.30. The number of hydrogen-bond donors (Lipinski definition) is 3. The van der Waals surface area contributed by atoms with Gasteiger partial charge in [-0.15, -0.1) is 0 Å². The lowest BCUT2D eigenvalue weighted by molar-refractivity contribution is 0.0884. The molecule has 1 aromatic heterocycles. The fourth-order valence-electron chi connectivity index (χ4n) is 2.47. The number of aliphatic hydroxyl groups is 2. The Labute approximate surface area is 98.7 Å². The van der Waals surface area contributed by atoms with Crippen molar-refractivity contribution in [2.75, 3.05) is 5.73 Å². The van der Waals surface area contributed by atoms with E-state index in [0.717, 1.165) is 10.9 Å². The molecule has 4 nitrogen and oxygen atoms in total. The van der Waals surface area contributed by atoms with Gasteiger partial charge in [0.05, 0.1) is 23.4 Å². The Kier molecular flexibility index (Phi) is 2.28. The first kappa shape index (κ1) is 10.5. The van der Waals surface area contributed by atoms with Crippen LogP contribution in [0.15, 0.2) is 24.3 Å². The Morgan fingerprint density at radius 3 is 2.65 bits per heavy atom. The van der Waals surface area contributed by atoms with Crippen LogP contribution in [0.3, 0.4) is 0 Å².